The molecule has 0 bridgehead atoms. The van der Waals surface area contributed by atoms with Gasteiger partial charge in [-0.2, -0.15) is 0 Å². The van der Waals surface area contributed by atoms with Gasteiger partial charge < -0.3 is 9.64 Å². The number of ether oxygens (including phenoxy) is 1. The maximum Gasteiger partial charge on any atom is 0.409 e. The monoisotopic (exact) mass is 312 g/mol. The van der Waals surface area contributed by atoms with Crippen LogP contribution in [0.15, 0.2) is 29.2 Å². The molecular formula is C14H20N2O4S. The summed E-state index contributed by atoms with van der Waals surface area (Å²) in [5.74, 6) is 0. The summed E-state index contributed by atoms with van der Waals surface area (Å²) >= 11 is 0. The molecule has 1 heterocycles. The Morgan fingerprint density at radius 1 is 1.33 bits per heavy atom. The number of hydrogen-bond acceptors (Lipinski definition) is 4. The van der Waals surface area contributed by atoms with Crippen molar-refractivity contribution in [2.75, 3.05) is 20.2 Å². The minimum Gasteiger partial charge on any atom is -0.453 e. The molecule has 0 radical (unpaired) electrons. The molecule has 1 aromatic rings. The summed E-state index contributed by atoms with van der Waals surface area (Å²) in [6.45, 7) is 2.84. The second kappa shape index (κ2) is 6.44. The van der Waals surface area contributed by atoms with E-state index in [0.717, 1.165) is 5.56 Å². The fraction of sp³-hybridized carbons (Fsp3) is 0.500. The predicted octanol–water partition coefficient (Wildman–Crippen LogP) is 1.50. The molecule has 1 aliphatic heterocycles. The first-order valence-electron chi connectivity index (χ1n) is 6.84. The summed E-state index contributed by atoms with van der Waals surface area (Å²) in [7, 11) is -2.17. The van der Waals surface area contributed by atoms with Crippen molar-refractivity contribution in [3.63, 3.8) is 0 Å². The van der Waals surface area contributed by atoms with Crippen LogP contribution in [-0.2, 0) is 14.8 Å². The van der Waals surface area contributed by atoms with Crippen molar-refractivity contribution < 1.29 is 17.9 Å². The first-order chi connectivity index (χ1) is 9.92. The third-order valence-electron chi connectivity index (χ3n) is 3.55. The molecule has 6 nitrogen and oxygen atoms in total. The number of rotatable bonds is 3. The molecule has 2 rings (SSSR count). The summed E-state index contributed by atoms with van der Waals surface area (Å²) in [6.07, 6.45) is 0.801. The lowest BCUT2D eigenvalue weighted by Crippen LogP contribution is -2.46. The molecule has 1 aromatic carbocycles. The number of nitrogens with zero attached hydrogens (tertiary/aromatic N) is 1. The Balaban J connectivity index is 1.98. The summed E-state index contributed by atoms with van der Waals surface area (Å²) in [4.78, 5) is 13.2. The number of amides is 1. The third-order valence-corrected chi connectivity index (χ3v) is 5.07. The lowest BCUT2D eigenvalue weighted by atomic mass is 10.1. The van der Waals surface area contributed by atoms with Crippen LogP contribution in [0.1, 0.15) is 18.4 Å². The van der Waals surface area contributed by atoms with Crippen molar-refractivity contribution in [3.05, 3.63) is 29.8 Å². The van der Waals surface area contributed by atoms with Crippen LogP contribution >= 0.6 is 0 Å². The van der Waals surface area contributed by atoms with Crippen LogP contribution in [0.25, 0.3) is 0 Å². The Morgan fingerprint density at radius 3 is 2.57 bits per heavy atom. The van der Waals surface area contributed by atoms with Gasteiger partial charge in [-0.15, -0.1) is 0 Å². The van der Waals surface area contributed by atoms with Crippen LogP contribution < -0.4 is 4.72 Å². The Hall–Kier alpha value is -1.60. The van der Waals surface area contributed by atoms with Crippen LogP contribution in [0.4, 0.5) is 4.79 Å². The van der Waals surface area contributed by atoms with E-state index in [1.54, 1.807) is 23.1 Å². The fourth-order valence-electron chi connectivity index (χ4n) is 2.38. The molecule has 0 aromatic heterocycles. The fourth-order valence-corrected chi connectivity index (χ4v) is 3.79. The zero-order valence-corrected chi connectivity index (χ0v) is 13.0. The van der Waals surface area contributed by atoms with Crippen LogP contribution in [0.3, 0.4) is 0 Å². The number of likely N-dealkylation sites (tertiary alicyclic amines) is 1. The number of hydrogen-bond donors (Lipinski definition) is 1. The number of methoxy groups -OCH3 is 1. The summed E-state index contributed by atoms with van der Waals surface area (Å²) in [5.41, 5.74) is 0.901. The molecule has 0 saturated carbocycles. The van der Waals surface area contributed by atoms with E-state index in [0.29, 0.717) is 25.9 Å². The lowest BCUT2D eigenvalue weighted by Gasteiger charge is -2.31. The molecule has 0 atom stereocenters. The Kier molecular flexibility index (Phi) is 4.84. The van der Waals surface area contributed by atoms with E-state index in [4.69, 9.17) is 0 Å². The van der Waals surface area contributed by atoms with E-state index < -0.39 is 10.0 Å². The number of carbonyl (C=O) groups excluding carboxylic acids is 1. The predicted molar refractivity (Wildman–Crippen MR) is 78.5 cm³/mol. The summed E-state index contributed by atoms with van der Waals surface area (Å²) in [6, 6.07) is 6.65. The zero-order chi connectivity index (χ0) is 15.5. The molecule has 1 amide bonds. The van der Waals surface area contributed by atoms with Gasteiger partial charge in [-0.05, 0) is 37.5 Å². The first-order valence-corrected chi connectivity index (χ1v) is 8.32. The Bertz CT molecular complexity index is 607. The zero-order valence-electron chi connectivity index (χ0n) is 12.2. The molecule has 0 spiro atoms. The highest BCUT2D eigenvalue weighted by molar-refractivity contribution is 7.89. The van der Waals surface area contributed by atoms with E-state index in [1.807, 2.05) is 13.0 Å². The van der Waals surface area contributed by atoms with Gasteiger partial charge in [-0.1, -0.05) is 12.1 Å². The molecule has 21 heavy (non-hydrogen) atoms. The maximum absolute atomic E-state index is 12.3. The number of sulfonamides is 1. The van der Waals surface area contributed by atoms with Gasteiger partial charge in [0.25, 0.3) is 0 Å². The van der Waals surface area contributed by atoms with Crippen molar-refractivity contribution in [1.29, 1.82) is 0 Å². The second-order valence-electron chi connectivity index (χ2n) is 5.17. The average Bonchev–Trinajstić information content (AvgIpc) is 2.47. The van der Waals surface area contributed by atoms with Gasteiger partial charge in [0.1, 0.15) is 0 Å². The normalized spacial score (nSPS) is 16.8. The number of piperidine rings is 1. The number of benzene rings is 1. The van der Waals surface area contributed by atoms with Gasteiger partial charge in [0, 0.05) is 19.1 Å². The largest absolute Gasteiger partial charge is 0.453 e. The number of nitrogens with one attached hydrogen (secondary N) is 1. The number of aryl methyl sites for hydroxylation is 1. The minimum atomic E-state index is -3.51. The van der Waals surface area contributed by atoms with Crippen molar-refractivity contribution in [2.45, 2.75) is 30.7 Å². The third kappa shape index (κ3) is 3.95. The van der Waals surface area contributed by atoms with Gasteiger partial charge in [-0.25, -0.2) is 17.9 Å². The molecule has 1 fully saturated rings. The van der Waals surface area contributed by atoms with Gasteiger partial charge in [0.15, 0.2) is 0 Å². The lowest BCUT2D eigenvalue weighted by molar-refractivity contribution is 0.111. The smallest absolute Gasteiger partial charge is 0.409 e. The highest BCUT2D eigenvalue weighted by Crippen LogP contribution is 2.16. The highest BCUT2D eigenvalue weighted by Gasteiger charge is 2.26. The van der Waals surface area contributed by atoms with Crippen LogP contribution in [0, 0.1) is 6.92 Å². The molecule has 0 aliphatic carbocycles. The van der Waals surface area contributed by atoms with Crippen molar-refractivity contribution in [1.82, 2.24) is 9.62 Å². The maximum atomic E-state index is 12.3. The number of carbonyl (C=O) groups is 1. The van der Waals surface area contributed by atoms with Crippen LogP contribution in [0.5, 0.6) is 0 Å². The quantitative estimate of drug-likeness (QED) is 0.918. The molecule has 116 valence electrons. The SMILES string of the molecule is COC(=O)N1CCC(NS(=O)(=O)c2cccc(C)c2)CC1. The average molecular weight is 312 g/mol. The molecule has 0 unspecified atom stereocenters. The molecule has 7 heteroatoms. The van der Waals surface area contributed by atoms with Crippen LogP contribution in [-0.4, -0.2) is 45.7 Å². The molecule has 1 N–H and O–H groups in total. The standard InChI is InChI=1S/C14H20N2O4S/c1-11-4-3-5-13(10-11)21(18,19)15-12-6-8-16(9-7-12)14(17)20-2/h3-5,10,12,15H,6-9H2,1-2H3. The summed E-state index contributed by atoms with van der Waals surface area (Å²) in [5, 5.41) is 0. The molecule has 1 aliphatic rings. The molecular weight excluding hydrogens is 292 g/mol. The van der Waals surface area contributed by atoms with Crippen LogP contribution in [0.2, 0.25) is 0 Å². The van der Waals surface area contributed by atoms with Gasteiger partial charge in [0.2, 0.25) is 10.0 Å². The van der Waals surface area contributed by atoms with Gasteiger partial charge in [-0.3, -0.25) is 0 Å². The minimum absolute atomic E-state index is 0.156. The first kappa shape index (κ1) is 15.8. The van der Waals surface area contributed by atoms with E-state index in [9.17, 15) is 13.2 Å². The van der Waals surface area contributed by atoms with E-state index >= 15 is 0 Å². The Labute approximate surface area is 125 Å². The molecule has 1 saturated heterocycles. The Morgan fingerprint density at radius 2 is 2.00 bits per heavy atom. The van der Waals surface area contributed by atoms with Gasteiger partial charge in [0.05, 0.1) is 12.0 Å². The highest BCUT2D eigenvalue weighted by atomic mass is 32.2. The van der Waals surface area contributed by atoms with E-state index in [1.165, 1.54) is 7.11 Å². The topological polar surface area (TPSA) is 75.7 Å². The van der Waals surface area contributed by atoms with E-state index in [-0.39, 0.29) is 17.0 Å². The second-order valence-corrected chi connectivity index (χ2v) is 6.88. The van der Waals surface area contributed by atoms with Crippen molar-refractivity contribution in [3.8, 4) is 0 Å². The van der Waals surface area contributed by atoms with Crippen molar-refractivity contribution in [2.24, 2.45) is 0 Å². The van der Waals surface area contributed by atoms with Crippen molar-refractivity contribution >= 4 is 16.1 Å². The van der Waals surface area contributed by atoms with E-state index in [2.05, 4.69) is 9.46 Å². The summed E-state index contributed by atoms with van der Waals surface area (Å²) < 4.78 is 32.0. The van der Waals surface area contributed by atoms with Gasteiger partial charge >= 0.3 is 6.09 Å².